The molecule has 0 aliphatic heterocycles. The molecule has 0 aliphatic rings. The van der Waals surface area contributed by atoms with Crippen LogP contribution in [0.25, 0.3) is 0 Å². The van der Waals surface area contributed by atoms with Gasteiger partial charge in [-0.2, -0.15) is 0 Å². The first-order valence-corrected chi connectivity index (χ1v) is 7.73. The van der Waals surface area contributed by atoms with E-state index in [9.17, 15) is 9.59 Å². The standard InChI is InChI=1S/C17H26N2O2/c1-5-18(6-2)16(20)15(14-12-10-9-11-13-14)17(21)19(7-3)8-4/h9-13,15H,5-8H2,1-4H3. The van der Waals surface area contributed by atoms with E-state index in [4.69, 9.17) is 0 Å². The van der Waals surface area contributed by atoms with E-state index in [1.165, 1.54) is 0 Å². The molecular weight excluding hydrogens is 264 g/mol. The number of nitrogens with zero attached hydrogens (tertiary/aromatic N) is 2. The van der Waals surface area contributed by atoms with Crippen molar-refractivity contribution >= 4 is 11.8 Å². The Labute approximate surface area is 127 Å². The van der Waals surface area contributed by atoms with Crippen molar-refractivity contribution in [1.82, 2.24) is 9.80 Å². The molecule has 0 saturated carbocycles. The Morgan fingerprint density at radius 2 is 1.19 bits per heavy atom. The van der Waals surface area contributed by atoms with Gasteiger partial charge in [0.2, 0.25) is 11.8 Å². The SMILES string of the molecule is CCN(CC)C(=O)C(C(=O)N(CC)CC)c1ccccc1. The predicted octanol–water partition coefficient (Wildman–Crippen LogP) is 2.51. The van der Waals surface area contributed by atoms with Crippen LogP contribution < -0.4 is 0 Å². The van der Waals surface area contributed by atoms with Gasteiger partial charge in [-0.1, -0.05) is 30.3 Å². The fourth-order valence-electron chi connectivity index (χ4n) is 2.47. The van der Waals surface area contributed by atoms with Crippen LogP contribution in [0, 0.1) is 0 Å². The Kier molecular flexibility index (Phi) is 6.92. The van der Waals surface area contributed by atoms with Crippen LogP contribution >= 0.6 is 0 Å². The normalized spacial score (nSPS) is 10.5. The van der Waals surface area contributed by atoms with E-state index in [1.54, 1.807) is 9.80 Å². The van der Waals surface area contributed by atoms with Crippen molar-refractivity contribution in [2.75, 3.05) is 26.2 Å². The lowest BCUT2D eigenvalue weighted by atomic mass is 9.95. The smallest absolute Gasteiger partial charge is 0.239 e. The second kappa shape index (κ2) is 8.45. The summed E-state index contributed by atoms with van der Waals surface area (Å²) in [5.41, 5.74) is 0.770. The number of hydrogen-bond donors (Lipinski definition) is 0. The zero-order valence-electron chi connectivity index (χ0n) is 13.5. The molecule has 4 heteroatoms. The highest BCUT2D eigenvalue weighted by Crippen LogP contribution is 2.21. The highest BCUT2D eigenvalue weighted by atomic mass is 16.2. The summed E-state index contributed by atoms with van der Waals surface area (Å²) in [6.45, 7) is 10.2. The first-order valence-electron chi connectivity index (χ1n) is 7.73. The minimum atomic E-state index is -0.731. The molecule has 116 valence electrons. The predicted molar refractivity (Wildman–Crippen MR) is 85.0 cm³/mol. The van der Waals surface area contributed by atoms with Gasteiger partial charge in [0.25, 0.3) is 0 Å². The third kappa shape index (κ3) is 4.06. The zero-order chi connectivity index (χ0) is 15.8. The number of hydrogen-bond acceptors (Lipinski definition) is 2. The van der Waals surface area contributed by atoms with Gasteiger partial charge in [-0.25, -0.2) is 0 Å². The number of carbonyl (C=O) groups excluding carboxylic acids is 2. The van der Waals surface area contributed by atoms with E-state index in [0.29, 0.717) is 26.2 Å². The molecule has 0 spiro atoms. The van der Waals surface area contributed by atoms with E-state index < -0.39 is 5.92 Å². The van der Waals surface area contributed by atoms with Gasteiger partial charge in [-0.05, 0) is 33.3 Å². The lowest BCUT2D eigenvalue weighted by Crippen LogP contribution is -2.44. The van der Waals surface area contributed by atoms with Crippen LogP contribution in [-0.4, -0.2) is 47.8 Å². The molecule has 1 aromatic carbocycles. The Balaban J connectivity index is 3.18. The van der Waals surface area contributed by atoms with Gasteiger partial charge in [0.15, 0.2) is 0 Å². The van der Waals surface area contributed by atoms with Crippen LogP contribution in [0.1, 0.15) is 39.2 Å². The molecule has 2 amide bonds. The molecule has 21 heavy (non-hydrogen) atoms. The molecule has 0 bridgehead atoms. The van der Waals surface area contributed by atoms with E-state index in [0.717, 1.165) is 5.56 Å². The fourth-order valence-corrected chi connectivity index (χ4v) is 2.47. The maximum atomic E-state index is 12.8. The van der Waals surface area contributed by atoms with Crippen LogP contribution in [-0.2, 0) is 9.59 Å². The summed E-state index contributed by atoms with van der Waals surface area (Å²) >= 11 is 0. The van der Waals surface area contributed by atoms with E-state index in [1.807, 2.05) is 58.0 Å². The lowest BCUT2D eigenvalue weighted by molar-refractivity contribution is -0.142. The van der Waals surface area contributed by atoms with Crippen LogP contribution in [0.5, 0.6) is 0 Å². The van der Waals surface area contributed by atoms with Gasteiger partial charge in [0, 0.05) is 26.2 Å². The third-order valence-electron chi connectivity index (χ3n) is 3.78. The van der Waals surface area contributed by atoms with Crippen LogP contribution in [0.4, 0.5) is 0 Å². The van der Waals surface area contributed by atoms with Crippen molar-refractivity contribution in [3.8, 4) is 0 Å². The number of rotatable bonds is 7. The second-order valence-corrected chi connectivity index (χ2v) is 4.86. The molecule has 0 radical (unpaired) electrons. The van der Waals surface area contributed by atoms with E-state index >= 15 is 0 Å². The van der Waals surface area contributed by atoms with Gasteiger partial charge in [0.1, 0.15) is 5.92 Å². The molecule has 0 aliphatic carbocycles. The molecule has 0 unspecified atom stereocenters. The average molecular weight is 290 g/mol. The number of amides is 2. The van der Waals surface area contributed by atoms with Crippen LogP contribution in [0.15, 0.2) is 30.3 Å². The first kappa shape index (κ1) is 17.2. The Bertz CT molecular complexity index is 427. The minimum absolute atomic E-state index is 0.108. The summed E-state index contributed by atoms with van der Waals surface area (Å²) in [6, 6.07) is 9.34. The highest BCUT2D eigenvalue weighted by molar-refractivity contribution is 6.05. The maximum Gasteiger partial charge on any atom is 0.239 e. The van der Waals surface area contributed by atoms with Gasteiger partial charge in [-0.15, -0.1) is 0 Å². The average Bonchev–Trinajstić information content (AvgIpc) is 2.51. The fraction of sp³-hybridized carbons (Fsp3) is 0.529. The van der Waals surface area contributed by atoms with Gasteiger partial charge in [0.05, 0.1) is 0 Å². The van der Waals surface area contributed by atoms with Crippen LogP contribution in [0.2, 0.25) is 0 Å². The Morgan fingerprint density at radius 3 is 1.52 bits per heavy atom. The van der Waals surface area contributed by atoms with E-state index in [2.05, 4.69) is 0 Å². The molecule has 4 nitrogen and oxygen atoms in total. The monoisotopic (exact) mass is 290 g/mol. The van der Waals surface area contributed by atoms with Gasteiger partial charge in [-0.3, -0.25) is 9.59 Å². The maximum absolute atomic E-state index is 12.8. The summed E-state index contributed by atoms with van der Waals surface area (Å²) < 4.78 is 0. The minimum Gasteiger partial charge on any atom is -0.342 e. The molecule has 0 fully saturated rings. The highest BCUT2D eigenvalue weighted by Gasteiger charge is 2.33. The quantitative estimate of drug-likeness (QED) is 0.724. The summed E-state index contributed by atoms with van der Waals surface area (Å²) in [7, 11) is 0. The number of likely N-dealkylation sites (N-methyl/N-ethyl adjacent to an activating group) is 2. The van der Waals surface area contributed by atoms with Crippen molar-refractivity contribution in [2.45, 2.75) is 33.6 Å². The largest absolute Gasteiger partial charge is 0.342 e. The van der Waals surface area contributed by atoms with Crippen LogP contribution in [0.3, 0.4) is 0 Å². The van der Waals surface area contributed by atoms with Crippen molar-refractivity contribution in [2.24, 2.45) is 0 Å². The van der Waals surface area contributed by atoms with Gasteiger partial charge < -0.3 is 9.80 Å². The Hall–Kier alpha value is -1.84. The molecule has 0 N–H and O–H groups in total. The first-order chi connectivity index (χ1) is 10.1. The topological polar surface area (TPSA) is 40.6 Å². The lowest BCUT2D eigenvalue weighted by Gasteiger charge is -2.29. The van der Waals surface area contributed by atoms with E-state index in [-0.39, 0.29) is 11.8 Å². The summed E-state index contributed by atoms with van der Waals surface area (Å²) in [4.78, 5) is 29.0. The summed E-state index contributed by atoms with van der Waals surface area (Å²) in [5, 5.41) is 0. The second-order valence-electron chi connectivity index (χ2n) is 4.86. The molecule has 1 aromatic rings. The molecule has 0 aromatic heterocycles. The van der Waals surface area contributed by atoms with Crippen molar-refractivity contribution < 1.29 is 9.59 Å². The Morgan fingerprint density at radius 1 is 0.810 bits per heavy atom. The number of benzene rings is 1. The molecule has 0 atom stereocenters. The van der Waals surface area contributed by atoms with Gasteiger partial charge >= 0.3 is 0 Å². The molecule has 0 saturated heterocycles. The molecule has 0 heterocycles. The van der Waals surface area contributed by atoms with Crippen molar-refractivity contribution in [3.63, 3.8) is 0 Å². The summed E-state index contributed by atoms with van der Waals surface area (Å²) in [6.07, 6.45) is 0. The molecule has 1 rings (SSSR count). The van der Waals surface area contributed by atoms with Crippen molar-refractivity contribution in [1.29, 1.82) is 0 Å². The summed E-state index contributed by atoms with van der Waals surface area (Å²) in [5.74, 6) is -0.947. The van der Waals surface area contributed by atoms with Crippen molar-refractivity contribution in [3.05, 3.63) is 35.9 Å². The third-order valence-corrected chi connectivity index (χ3v) is 3.78. The number of carbonyl (C=O) groups is 2. The molecular formula is C17H26N2O2. The zero-order valence-corrected chi connectivity index (χ0v) is 13.5.